The molecule has 1 N–H and O–H groups in total. The third-order valence-electron chi connectivity index (χ3n) is 3.31. The highest BCUT2D eigenvalue weighted by Crippen LogP contribution is 2.22. The molecule has 0 saturated heterocycles. The Labute approximate surface area is 98.7 Å². The van der Waals surface area contributed by atoms with E-state index < -0.39 is 0 Å². The maximum absolute atomic E-state index is 12.0. The van der Waals surface area contributed by atoms with Crippen LogP contribution in [0.2, 0.25) is 0 Å². The largest absolute Gasteiger partial charge is 0.469 e. The molecule has 2 aromatic heterocycles. The number of nitrogens with one attached hydrogen (secondary N) is 1. The Kier molecular flexibility index (Phi) is 2.35. The van der Waals surface area contributed by atoms with E-state index in [1.54, 1.807) is 6.26 Å². The molecule has 1 aliphatic carbocycles. The van der Waals surface area contributed by atoms with Gasteiger partial charge in [0, 0.05) is 5.56 Å². The molecule has 0 aromatic carbocycles. The van der Waals surface area contributed by atoms with Crippen molar-refractivity contribution in [3.8, 4) is 11.4 Å². The summed E-state index contributed by atoms with van der Waals surface area (Å²) in [5.41, 5.74) is 2.69. The van der Waals surface area contributed by atoms with Gasteiger partial charge in [0.1, 0.15) is 11.6 Å². The van der Waals surface area contributed by atoms with Crippen LogP contribution in [0.4, 0.5) is 0 Å². The molecule has 4 heteroatoms. The molecule has 0 atom stereocenters. The van der Waals surface area contributed by atoms with Crippen molar-refractivity contribution in [1.82, 2.24) is 9.97 Å². The molecule has 0 saturated carbocycles. The lowest BCUT2D eigenvalue weighted by atomic mass is 9.97. The van der Waals surface area contributed by atoms with Gasteiger partial charge >= 0.3 is 0 Å². The molecule has 0 aliphatic heterocycles. The van der Waals surface area contributed by atoms with Gasteiger partial charge in [0.15, 0.2) is 0 Å². The summed E-state index contributed by atoms with van der Waals surface area (Å²) in [5.74, 6) is 1.41. The molecule has 1 aliphatic rings. The highest BCUT2D eigenvalue weighted by Gasteiger charge is 2.17. The van der Waals surface area contributed by atoms with Crippen LogP contribution < -0.4 is 5.56 Å². The summed E-state index contributed by atoms with van der Waals surface area (Å²) in [4.78, 5) is 19.4. The fourth-order valence-electron chi connectivity index (χ4n) is 2.36. The Balaban J connectivity index is 2.17. The fourth-order valence-corrected chi connectivity index (χ4v) is 2.36. The van der Waals surface area contributed by atoms with Crippen LogP contribution in [-0.4, -0.2) is 9.97 Å². The maximum Gasteiger partial charge on any atom is 0.254 e. The Morgan fingerprint density at radius 1 is 1.35 bits per heavy atom. The van der Waals surface area contributed by atoms with Gasteiger partial charge in [0.2, 0.25) is 0 Å². The van der Waals surface area contributed by atoms with E-state index in [0.29, 0.717) is 5.82 Å². The summed E-state index contributed by atoms with van der Waals surface area (Å²) in [6.45, 7) is 1.87. The molecule has 2 aromatic rings. The first-order valence-corrected chi connectivity index (χ1v) is 5.92. The summed E-state index contributed by atoms with van der Waals surface area (Å²) >= 11 is 0. The Morgan fingerprint density at radius 2 is 2.18 bits per heavy atom. The van der Waals surface area contributed by atoms with Gasteiger partial charge in [-0.05, 0) is 38.7 Å². The van der Waals surface area contributed by atoms with Gasteiger partial charge in [-0.15, -0.1) is 0 Å². The van der Waals surface area contributed by atoms with Crippen LogP contribution >= 0.6 is 0 Å². The number of hydrogen-bond acceptors (Lipinski definition) is 3. The smallest absolute Gasteiger partial charge is 0.254 e. The van der Waals surface area contributed by atoms with E-state index in [2.05, 4.69) is 9.97 Å². The zero-order chi connectivity index (χ0) is 11.8. The third kappa shape index (κ3) is 1.69. The van der Waals surface area contributed by atoms with Crippen molar-refractivity contribution >= 4 is 0 Å². The molecule has 0 fully saturated rings. The number of H-pyrrole nitrogens is 1. The van der Waals surface area contributed by atoms with Crippen molar-refractivity contribution in [2.75, 3.05) is 0 Å². The number of fused-ring (bicyclic) bond motifs is 1. The normalized spacial score (nSPS) is 14.6. The number of nitrogens with zero attached hydrogens (tertiary/aromatic N) is 1. The number of hydrogen-bond donors (Lipinski definition) is 1. The maximum atomic E-state index is 12.0. The van der Waals surface area contributed by atoms with E-state index in [-0.39, 0.29) is 5.56 Å². The van der Waals surface area contributed by atoms with Crippen molar-refractivity contribution in [2.45, 2.75) is 32.6 Å². The van der Waals surface area contributed by atoms with Gasteiger partial charge < -0.3 is 9.40 Å². The molecule has 88 valence electrons. The lowest BCUT2D eigenvalue weighted by Gasteiger charge is -2.14. The first-order chi connectivity index (χ1) is 8.25. The van der Waals surface area contributed by atoms with Crippen molar-refractivity contribution in [2.24, 2.45) is 0 Å². The first kappa shape index (κ1) is 10.3. The predicted molar refractivity (Wildman–Crippen MR) is 63.9 cm³/mol. The molecule has 17 heavy (non-hydrogen) atoms. The predicted octanol–water partition coefficient (Wildman–Crippen LogP) is 2.22. The monoisotopic (exact) mass is 230 g/mol. The summed E-state index contributed by atoms with van der Waals surface area (Å²) < 4.78 is 5.24. The Morgan fingerprint density at radius 3 is 2.94 bits per heavy atom. The molecule has 0 unspecified atom stereocenters. The van der Waals surface area contributed by atoms with E-state index in [0.717, 1.165) is 48.3 Å². The number of rotatable bonds is 1. The van der Waals surface area contributed by atoms with Gasteiger partial charge in [-0.2, -0.15) is 0 Å². The van der Waals surface area contributed by atoms with Crippen molar-refractivity contribution < 1.29 is 4.42 Å². The van der Waals surface area contributed by atoms with E-state index in [1.165, 1.54) is 0 Å². The van der Waals surface area contributed by atoms with Crippen LogP contribution in [0, 0.1) is 6.92 Å². The number of aryl methyl sites for hydroxylation is 2. The highest BCUT2D eigenvalue weighted by atomic mass is 16.3. The lowest BCUT2D eigenvalue weighted by molar-refractivity contribution is 0.535. The fraction of sp³-hybridized carbons (Fsp3) is 0.385. The zero-order valence-electron chi connectivity index (χ0n) is 9.75. The quantitative estimate of drug-likeness (QED) is 0.817. The minimum atomic E-state index is 0.00491. The molecule has 0 spiro atoms. The number of aromatic nitrogens is 2. The van der Waals surface area contributed by atoms with Crippen LogP contribution in [-0.2, 0) is 12.8 Å². The van der Waals surface area contributed by atoms with Crippen LogP contribution in [0.25, 0.3) is 11.4 Å². The summed E-state index contributed by atoms with van der Waals surface area (Å²) in [7, 11) is 0. The SMILES string of the molecule is Cc1occc1-c1nc2c(c(=O)[nH]1)CCCC2. The molecule has 2 heterocycles. The highest BCUT2D eigenvalue weighted by molar-refractivity contribution is 5.57. The summed E-state index contributed by atoms with van der Waals surface area (Å²) in [5, 5.41) is 0. The van der Waals surface area contributed by atoms with Crippen molar-refractivity contribution in [3.63, 3.8) is 0 Å². The van der Waals surface area contributed by atoms with E-state index in [9.17, 15) is 4.79 Å². The molecule has 3 rings (SSSR count). The Bertz CT molecular complexity index is 610. The Hall–Kier alpha value is -1.84. The molecule has 0 radical (unpaired) electrons. The van der Waals surface area contributed by atoms with Gasteiger partial charge in [0.05, 0.1) is 17.5 Å². The van der Waals surface area contributed by atoms with E-state index in [1.807, 2.05) is 13.0 Å². The van der Waals surface area contributed by atoms with E-state index >= 15 is 0 Å². The van der Waals surface area contributed by atoms with Crippen LogP contribution in [0.1, 0.15) is 29.9 Å². The van der Waals surface area contributed by atoms with Crippen LogP contribution in [0.15, 0.2) is 21.5 Å². The third-order valence-corrected chi connectivity index (χ3v) is 3.31. The number of aromatic amines is 1. The second-order valence-electron chi connectivity index (χ2n) is 4.44. The molecule has 0 bridgehead atoms. The van der Waals surface area contributed by atoms with Crippen molar-refractivity contribution in [3.05, 3.63) is 39.7 Å². The van der Waals surface area contributed by atoms with Crippen LogP contribution in [0.5, 0.6) is 0 Å². The summed E-state index contributed by atoms with van der Waals surface area (Å²) in [6.07, 6.45) is 5.57. The average Bonchev–Trinajstić information content (AvgIpc) is 2.75. The van der Waals surface area contributed by atoms with Gasteiger partial charge in [0.25, 0.3) is 5.56 Å². The molecular formula is C13H14N2O2. The standard InChI is InChI=1S/C13H14N2O2/c1-8-9(6-7-17-8)12-14-11-5-3-2-4-10(11)13(16)15-12/h6-7H,2-5H2,1H3,(H,14,15,16). The first-order valence-electron chi connectivity index (χ1n) is 5.92. The minimum absolute atomic E-state index is 0.00491. The molecule has 0 amide bonds. The van der Waals surface area contributed by atoms with Gasteiger partial charge in [-0.3, -0.25) is 4.79 Å². The summed E-state index contributed by atoms with van der Waals surface area (Å²) in [6, 6.07) is 1.84. The second-order valence-corrected chi connectivity index (χ2v) is 4.44. The molecular weight excluding hydrogens is 216 g/mol. The zero-order valence-corrected chi connectivity index (χ0v) is 9.75. The van der Waals surface area contributed by atoms with Crippen LogP contribution in [0.3, 0.4) is 0 Å². The average molecular weight is 230 g/mol. The lowest BCUT2D eigenvalue weighted by Crippen LogP contribution is -2.21. The second kappa shape index (κ2) is 3.87. The topological polar surface area (TPSA) is 58.9 Å². The van der Waals surface area contributed by atoms with Gasteiger partial charge in [-0.25, -0.2) is 4.98 Å². The van der Waals surface area contributed by atoms with E-state index in [4.69, 9.17) is 4.42 Å². The minimum Gasteiger partial charge on any atom is -0.469 e. The van der Waals surface area contributed by atoms with Gasteiger partial charge in [-0.1, -0.05) is 0 Å². The molecule has 4 nitrogen and oxygen atoms in total. The number of furan rings is 1. The van der Waals surface area contributed by atoms with Crippen molar-refractivity contribution in [1.29, 1.82) is 0 Å².